The van der Waals surface area contributed by atoms with Gasteiger partial charge in [-0.3, -0.25) is 14.4 Å². The molecule has 2 aromatic carbocycles. The van der Waals surface area contributed by atoms with Crippen molar-refractivity contribution in [3.05, 3.63) is 108 Å². The summed E-state index contributed by atoms with van der Waals surface area (Å²) in [6.45, 7) is 3.98. The molecule has 0 aliphatic carbocycles. The van der Waals surface area contributed by atoms with E-state index in [1.165, 1.54) is 6.07 Å². The molecule has 13 nitrogen and oxygen atoms in total. The van der Waals surface area contributed by atoms with Crippen molar-refractivity contribution in [2.45, 2.75) is 25.3 Å². The fourth-order valence-corrected chi connectivity index (χ4v) is 7.20. The highest BCUT2D eigenvalue weighted by Gasteiger charge is 2.35. The van der Waals surface area contributed by atoms with E-state index in [9.17, 15) is 18.8 Å². The molecule has 0 saturated carbocycles. The first-order valence-corrected chi connectivity index (χ1v) is 17.6. The number of hydrazine groups is 1. The molecule has 52 heavy (non-hydrogen) atoms. The van der Waals surface area contributed by atoms with Gasteiger partial charge in [-0.05, 0) is 66.9 Å². The minimum atomic E-state index is -0.381. The average Bonchev–Trinajstić information content (AvgIpc) is 3.90. The largest absolute Gasteiger partial charge is 0.380 e. The Morgan fingerprint density at radius 2 is 1.65 bits per heavy atom. The molecule has 5 aromatic rings. The highest BCUT2D eigenvalue weighted by Crippen LogP contribution is 2.36. The van der Waals surface area contributed by atoms with E-state index in [1.54, 1.807) is 42.6 Å². The van der Waals surface area contributed by atoms with E-state index in [-0.39, 0.29) is 55.8 Å². The van der Waals surface area contributed by atoms with Gasteiger partial charge in [0.15, 0.2) is 5.65 Å². The molecule has 0 radical (unpaired) electrons. The fraction of sp³-hybridized carbons (Fsp3) is 0.316. The Kier molecular flexibility index (Phi) is 9.31. The number of carbonyl (C=O) groups is 3. The van der Waals surface area contributed by atoms with E-state index >= 15 is 0 Å². The van der Waals surface area contributed by atoms with Gasteiger partial charge >= 0.3 is 0 Å². The Balaban J connectivity index is 0.834. The van der Waals surface area contributed by atoms with E-state index in [0.717, 1.165) is 53.0 Å². The lowest BCUT2D eigenvalue weighted by atomic mass is 10.0. The number of anilines is 2. The van der Waals surface area contributed by atoms with E-state index < -0.39 is 0 Å². The topological polar surface area (TPSA) is 129 Å². The van der Waals surface area contributed by atoms with Gasteiger partial charge in [-0.1, -0.05) is 30.3 Å². The van der Waals surface area contributed by atoms with Crippen LogP contribution in [-0.2, 0) is 9.53 Å². The number of rotatable bonds is 11. The van der Waals surface area contributed by atoms with Crippen LogP contribution in [-0.4, -0.2) is 99.7 Å². The molecule has 14 heteroatoms. The first-order valence-electron chi connectivity index (χ1n) is 17.6. The Morgan fingerprint density at radius 3 is 2.44 bits per heavy atom. The third kappa shape index (κ3) is 6.58. The van der Waals surface area contributed by atoms with E-state index in [4.69, 9.17) is 14.8 Å². The summed E-state index contributed by atoms with van der Waals surface area (Å²) in [5.74, 6) is 0.636. The summed E-state index contributed by atoms with van der Waals surface area (Å²) in [4.78, 5) is 53.7. The predicted molar refractivity (Wildman–Crippen MR) is 191 cm³/mol. The van der Waals surface area contributed by atoms with Gasteiger partial charge in [0, 0.05) is 39.3 Å². The summed E-state index contributed by atoms with van der Waals surface area (Å²) in [5, 5.41) is 5.99. The fourth-order valence-electron chi connectivity index (χ4n) is 7.20. The second-order valence-corrected chi connectivity index (χ2v) is 13.0. The van der Waals surface area contributed by atoms with Crippen LogP contribution in [0.1, 0.15) is 51.6 Å². The minimum Gasteiger partial charge on any atom is -0.380 e. The molecule has 3 aromatic heterocycles. The van der Waals surface area contributed by atoms with Crippen LogP contribution in [0.3, 0.4) is 0 Å². The number of amides is 3. The normalized spacial score (nSPS) is 17.4. The summed E-state index contributed by atoms with van der Waals surface area (Å²) in [7, 11) is 0. The maximum absolute atomic E-state index is 14.0. The number of imide groups is 1. The summed E-state index contributed by atoms with van der Waals surface area (Å²) in [5.41, 5.74) is 6.75. The number of halogens is 1. The number of hydrogen-bond donors (Lipinski definition) is 1. The molecule has 1 N–H and O–H groups in total. The second kappa shape index (κ2) is 14.5. The van der Waals surface area contributed by atoms with E-state index in [1.807, 2.05) is 45.8 Å². The molecule has 8 rings (SSSR count). The monoisotopic (exact) mass is 703 g/mol. The number of aromatic nitrogens is 4. The number of piperazine rings is 1. The lowest BCUT2D eigenvalue weighted by Gasteiger charge is -2.35. The molecule has 0 spiro atoms. The molecule has 2 fully saturated rings. The number of ether oxygens (including phenoxy) is 1. The first kappa shape index (κ1) is 33.4. The smallest absolute Gasteiger partial charge is 0.276 e. The lowest BCUT2D eigenvalue weighted by molar-refractivity contribution is -0.132. The third-order valence-corrected chi connectivity index (χ3v) is 9.85. The van der Waals surface area contributed by atoms with Gasteiger partial charge in [-0.15, -0.1) is 5.10 Å². The van der Waals surface area contributed by atoms with E-state index in [0.29, 0.717) is 43.0 Å². The van der Waals surface area contributed by atoms with Gasteiger partial charge in [-0.2, -0.15) is 0 Å². The predicted octanol–water partition coefficient (Wildman–Crippen LogP) is 4.13. The van der Waals surface area contributed by atoms with Crippen LogP contribution in [0.25, 0.3) is 17.0 Å². The molecular weight excluding hydrogens is 665 g/mol. The Morgan fingerprint density at radius 1 is 0.865 bits per heavy atom. The molecular formula is C38H38FN9O4. The third-order valence-electron chi connectivity index (χ3n) is 9.85. The standard InChI is InChI=1S/C38H38FN9O4/c39-27-7-3-6-26(24-27)31-11-5-17-46(31)35-14-13-33-40-25-32(47(33)43-35)30-10-4-12-34(42-30)44-18-20-45(21-19-44)36(49)15-22-52-23-16-41-48-37(50)28-8-1-2-9-29(28)38(48)51/h1-4,6-10,12-14,24-25,31,41H,5,11,15-23H2/t31-/m1/s1. The summed E-state index contributed by atoms with van der Waals surface area (Å²) in [6, 6.07) is 23.4. The highest BCUT2D eigenvalue weighted by atomic mass is 19.1. The van der Waals surface area contributed by atoms with Gasteiger partial charge in [-0.25, -0.2) is 29.3 Å². The zero-order valence-electron chi connectivity index (χ0n) is 28.5. The summed E-state index contributed by atoms with van der Waals surface area (Å²) >= 11 is 0. The number of hydrogen-bond acceptors (Lipinski definition) is 10. The van der Waals surface area contributed by atoms with Gasteiger partial charge in [0.2, 0.25) is 5.91 Å². The number of benzene rings is 2. The number of nitrogens with zero attached hydrogens (tertiary/aromatic N) is 8. The molecule has 3 aliphatic heterocycles. The van der Waals surface area contributed by atoms with Gasteiger partial charge in [0.1, 0.15) is 23.1 Å². The van der Waals surface area contributed by atoms with Crippen LogP contribution in [0.15, 0.2) is 85.1 Å². The SMILES string of the molecule is O=C(CCOCCNN1C(=O)c2ccccc2C1=O)N1CCN(c2cccc(-c3cnc4ccc(N5CCC[C@@H]5c5cccc(F)c5)nn34)n2)CC1. The zero-order valence-corrected chi connectivity index (χ0v) is 28.5. The quantitative estimate of drug-likeness (QED) is 0.159. The first-order chi connectivity index (χ1) is 25.4. The highest BCUT2D eigenvalue weighted by molar-refractivity contribution is 6.20. The van der Waals surface area contributed by atoms with Crippen molar-refractivity contribution < 1.29 is 23.5 Å². The Labute approximate surface area is 299 Å². The maximum atomic E-state index is 14.0. The number of imidazole rings is 1. The van der Waals surface area contributed by atoms with Crippen molar-refractivity contribution in [3.63, 3.8) is 0 Å². The van der Waals surface area contributed by atoms with Crippen LogP contribution in [0, 0.1) is 5.82 Å². The lowest BCUT2D eigenvalue weighted by Crippen LogP contribution is -2.49. The number of carbonyl (C=O) groups excluding carboxylic acids is 3. The van der Waals surface area contributed by atoms with Crippen LogP contribution in [0.5, 0.6) is 0 Å². The molecule has 0 bridgehead atoms. The molecule has 1 atom stereocenters. The van der Waals surface area contributed by atoms with Gasteiger partial charge < -0.3 is 19.4 Å². The van der Waals surface area contributed by atoms with Crippen molar-refractivity contribution in [2.75, 3.05) is 62.3 Å². The number of fused-ring (bicyclic) bond motifs is 2. The number of nitrogens with one attached hydrogen (secondary N) is 1. The average molecular weight is 704 g/mol. The van der Waals surface area contributed by atoms with Crippen LogP contribution < -0.4 is 15.2 Å². The van der Waals surface area contributed by atoms with Gasteiger partial charge in [0.05, 0.1) is 48.7 Å². The second-order valence-electron chi connectivity index (χ2n) is 13.0. The Bertz CT molecular complexity index is 2100. The van der Waals surface area contributed by atoms with Crippen molar-refractivity contribution in [3.8, 4) is 11.4 Å². The van der Waals surface area contributed by atoms with Crippen LogP contribution in [0.4, 0.5) is 16.0 Å². The molecule has 6 heterocycles. The zero-order chi connectivity index (χ0) is 35.6. The number of pyridine rings is 1. The van der Waals surface area contributed by atoms with Crippen LogP contribution >= 0.6 is 0 Å². The maximum Gasteiger partial charge on any atom is 0.276 e. The van der Waals surface area contributed by atoms with Crippen molar-refractivity contribution >= 4 is 35.0 Å². The molecule has 0 unspecified atom stereocenters. The molecule has 3 amide bonds. The Hall–Kier alpha value is -5.73. The van der Waals surface area contributed by atoms with E-state index in [2.05, 4.69) is 20.2 Å². The minimum absolute atomic E-state index is 0.0138. The molecule has 3 aliphatic rings. The molecule has 2 saturated heterocycles. The van der Waals surface area contributed by atoms with Crippen molar-refractivity contribution in [1.29, 1.82) is 0 Å². The van der Waals surface area contributed by atoms with Crippen molar-refractivity contribution in [1.82, 2.24) is 34.9 Å². The van der Waals surface area contributed by atoms with Gasteiger partial charge in [0.25, 0.3) is 11.8 Å². The summed E-state index contributed by atoms with van der Waals surface area (Å²) < 4.78 is 21.5. The van der Waals surface area contributed by atoms with Crippen molar-refractivity contribution in [2.24, 2.45) is 0 Å². The summed E-state index contributed by atoms with van der Waals surface area (Å²) in [6.07, 6.45) is 3.95. The van der Waals surface area contributed by atoms with Crippen LogP contribution in [0.2, 0.25) is 0 Å². The molecule has 266 valence electrons.